The van der Waals surface area contributed by atoms with Crippen LogP contribution in [0.1, 0.15) is 31.3 Å². The van der Waals surface area contributed by atoms with E-state index < -0.39 is 0 Å². The van der Waals surface area contributed by atoms with Gasteiger partial charge in [-0.05, 0) is 49.9 Å². The summed E-state index contributed by atoms with van der Waals surface area (Å²) in [5.74, 6) is 0.823. The van der Waals surface area contributed by atoms with Crippen molar-refractivity contribution in [1.29, 1.82) is 0 Å². The molecule has 1 aliphatic rings. The van der Waals surface area contributed by atoms with Gasteiger partial charge in [-0.3, -0.25) is 4.90 Å². The van der Waals surface area contributed by atoms with E-state index in [0.29, 0.717) is 23.3 Å². The highest BCUT2D eigenvalue weighted by molar-refractivity contribution is 7.98. The minimum atomic E-state index is -0.385. The number of thioether (sulfide) groups is 1. The van der Waals surface area contributed by atoms with Crippen molar-refractivity contribution in [1.82, 2.24) is 20.4 Å². The Morgan fingerprint density at radius 1 is 1.23 bits per heavy atom. The summed E-state index contributed by atoms with van der Waals surface area (Å²) in [6.07, 6.45) is 2.03. The van der Waals surface area contributed by atoms with Gasteiger partial charge in [0.05, 0.1) is 11.6 Å². The monoisotopic (exact) mass is 440 g/mol. The Labute approximate surface area is 184 Å². The lowest BCUT2D eigenvalue weighted by atomic mass is 9.95. The summed E-state index contributed by atoms with van der Waals surface area (Å²) in [4.78, 5) is 20.1. The van der Waals surface area contributed by atoms with Gasteiger partial charge in [-0.25, -0.2) is 4.79 Å². The van der Waals surface area contributed by atoms with Crippen LogP contribution in [-0.2, 0) is 0 Å². The first-order chi connectivity index (χ1) is 14.5. The van der Waals surface area contributed by atoms with Crippen LogP contribution in [0.4, 0.5) is 4.79 Å². The minimum absolute atomic E-state index is 0.146. The van der Waals surface area contributed by atoms with E-state index in [-0.39, 0.29) is 12.1 Å². The van der Waals surface area contributed by atoms with Crippen molar-refractivity contribution in [3.63, 3.8) is 0 Å². The lowest BCUT2D eigenvalue weighted by Crippen LogP contribution is -2.45. The Kier molecular flexibility index (Phi) is 5.83. The van der Waals surface area contributed by atoms with Gasteiger partial charge >= 0.3 is 6.03 Å². The molecule has 1 aromatic heterocycles. The molecule has 1 N–H and O–H groups in total. The standard InChI is InChI=1S/C22H21ClN4O2S/c1-4-27-13(2)18(19(24-22(27)28)14-8-10-17(30-3)11-9-14)21-25-20(26-29-21)15-6-5-7-16(23)12-15/h5-12,19H,4H2,1-3H3,(H,24,28). The average Bonchev–Trinajstić information content (AvgIpc) is 3.23. The van der Waals surface area contributed by atoms with Gasteiger partial charge < -0.3 is 9.84 Å². The SMILES string of the molecule is CCN1C(=O)NC(c2ccc(SC)cc2)C(c2nc(-c3cccc(Cl)c3)no2)=C1C. The fraction of sp³-hybridized carbons (Fsp3) is 0.227. The van der Waals surface area contributed by atoms with E-state index in [0.717, 1.165) is 27.3 Å². The summed E-state index contributed by atoms with van der Waals surface area (Å²) in [5, 5.41) is 7.83. The molecule has 8 heteroatoms. The maximum atomic E-state index is 12.7. The van der Waals surface area contributed by atoms with Crippen LogP contribution in [0.2, 0.25) is 5.02 Å². The smallest absolute Gasteiger partial charge is 0.322 e. The molecule has 1 unspecified atom stereocenters. The maximum absolute atomic E-state index is 12.7. The minimum Gasteiger partial charge on any atom is -0.334 e. The number of carbonyl (C=O) groups is 1. The Morgan fingerprint density at radius 2 is 2.00 bits per heavy atom. The van der Waals surface area contributed by atoms with Crippen molar-refractivity contribution < 1.29 is 9.32 Å². The van der Waals surface area contributed by atoms with Crippen LogP contribution >= 0.6 is 23.4 Å². The van der Waals surface area contributed by atoms with Gasteiger partial charge in [0.2, 0.25) is 5.82 Å². The molecule has 1 aliphatic heterocycles. The Balaban J connectivity index is 1.80. The summed E-state index contributed by atoms with van der Waals surface area (Å²) in [6.45, 7) is 4.37. The van der Waals surface area contributed by atoms with Crippen molar-refractivity contribution in [2.45, 2.75) is 24.8 Å². The summed E-state index contributed by atoms with van der Waals surface area (Å²) >= 11 is 7.77. The van der Waals surface area contributed by atoms with E-state index in [1.807, 2.05) is 56.5 Å². The first kappa shape index (κ1) is 20.5. The first-order valence-electron chi connectivity index (χ1n) is 9.54. The predicted octanol–water partition coefficient (Wildman–Crippen LogP) is 5.63. The number of carbonyl (C=O) groups excluding carboxylic acids is 1. The second-order valence-corrected chi connectivity index (χ2v) is 8.15. The van der Waals surface area contributed by atoms with Gasteiger partial charge in [0.25, 0.3) is 5.89 Å². The first-order valence-corrected chi connectivity index (χ1v) is 11.1. The van der Waals surface area contributed by atoms with Crippen LogP contribution in [0.25, 0.3) is 17.0 Å². The molecular weight excluding hydrogens is 420 g/mol. The van der Waals surface area contributed by atoms with Crippen LogP contribution < -0.4 is 5.32 Å². The molecule has 0 spiro atoms. The Morgan fingerprint density at radius 3 is 2.67 bits per heavy atom. The quantitative estimate of drug-likeness (QED) is 0.520. The highest BCUT2D eigenvalue weighted by atomic mass is 35.5. The van der Waals surface area contributed by atoms with Gasteiger partial charge in [0, 0.05) is 27.7 Å². The molecule has 4 rings (SSSR count). The number of aromatic nitrogens is 2. The van der Waals surface area contributed by atoms with Crippen LogP contribution in [0.5, 0.6) is 0 Å². The normalized spacial score (nSPS) is 16.7. The number of halogens is 1. The van der Waals surface area contributed by atoms with Crippen LogP contribution in [0.3, 0.4) is 0 Å². The zero-order chi connectivity index (χ0) is 21.3. The highest BCUT2D eigenvalue weighted by Crippen LogP contribution is 2.37. The fourth-order valence-electron chi connectivity index (χ4n) is 3.56. The van der Waals surface area contributed by atoms with Crippen LogP contribution in [-0.4, -0.2) is 33.9 Å². The molecule has 0 radical (unpaired) electrons. The molecular formula is C22H21ClN4O2S. The lowest BCUT2D eigenvalue weighted by Gasteiger charge is -2.34. The number of amides is 2. The second kappa shape index (κ2) is 8.53. The molecule has 1 atom stereocenters. The number of rotatable bonds is 5. The van der Waals surface area contributed by atoms with Crippen LogP contribution in [0, 0.1) is 0 Å². The molecule has 0 saturated carbocycles. The van der Waals surface area contributed by atoms with Gasteiger partial charge in [-0.15, -0.1) is 11.8 Å². The van der Waals surface area contributed by atoms with E-state index in [4.69, 9.17) is 16.1 Å². The predicted molar refractivity (Wildman–Crippen MR) is 119 cm³/mol. The van der Waals surface area contributed by atoms with Gasteiger partial charge in [0.1, 0.15) is 0 Å². The highest BCUT2D eigenvalue weighted by Gasteiger charge is 2.35. The van der Waals surface area contributed by atoms with Gasteiger partial charge in [-0.2, -0.15) is 4.98 Å². The number of nitrogens with one attached hydrogen (secondary N) is 1. The molecule has 30 heavy (non-hydrogen) atoms. The molecule has 0 fully saturated rings. The van der Waals surface area contributed by atoms with E-state index >= 15 is 0 Å². The summed E-state index contributed by atoms with van der Waals surface area (Å²) in [5.41, 5.74) is 3.30. The van der Waals surface area contributed by atoms with Crippen molar-refractivity contribution in [2.75, 3.05) is 12.8 Å². The van der Waals surface area contributed by atoms with E-state index in [1.54, 1.807) is 28.8 Å². The van der Waals surface area contributed by atoms with Crippen molar-refractivity contribution >= 4 is 35.0 Å². The zero-order valence-corrected chi connectivity index (χ0v) is 18.4. The number of allylic oxidation sites excluding steroid dienone is 1. The van der Waals surface area contributed by atoms with E-state index in [2.05, 4.69) is 15.5 Å². The molecule has 154 valence electrons. The second-order valence-electron chi connectivity index (χ2n) is 6.83. The Hall–Kier alpha value is -2.77. The van der Waals surface area contributed by atoms with Gasteiger partial charge in [0.15, 0.2) is 0 Å². The summed E-state index contributed by atoms with van der Waals surface area (Å²) in [6, 6.07) is 14.9. The van der Waals surface area contributed by atoms with Gasteiger partial charge in [-0.1, -0.05) is 41.0 Å². The third-order valence-corrected chi connectivity index (χ3v) is 6.08. The van der Waals surface area contributed by atoms with E-state index in [1.165, 1.54) is 0 Å². The molecule has 0 saturated heterocycles. The summed E-state index contributed by atoms with van der Waals surface area (Å²) in [7, 11) is 0. The molecule has 2 aromatic carbocycles. The maximum Gasteiger partial charge on any atom is 0.322 e. The number of hydrogen-bond donors (Lipinski definition) is 1. The molecule has 3 aromatic rings. The molecule has 2 amide bonds. The topological polar surface area (TPSA) is 71.3 Å². The lowest BCUT2D eigenvalue weighted by molar-refractivity contribution is 0.207. The third-order valence-electron chi connectivity index (χ3n) is 5.10. The van der Waals surface area contributed by atoms with Crippen LogP contribution in [0.15, 0.2) is 63.6 Å². The number of urea groups is 1. The molecule has 0 aliphatic carbocycles. The third kappa shape index (κ3) is 3.82. The molecule has 0 bridgehead atoms. The number of benzene rings is 2. The Bertz CT molecular complexity index is 1110. The zero-order valence-electron chi connectivity index (χ0n) is 16.8. The fourth-order valence-corrected chi connectivity index (χ4v) is 4.16. The average molecular weight is 441 g/mol. The number of hydrogen-bond acceptors (Lipinski definition) is 5. The molecule has 6 nitrogen and oxygen atoms in total. The largest absolute Gasteiger partial charge is 0.334 e. The van der Waals surface area contributed by atoms with Crippen molar-refractivity contribution in [3.05, 3.63) is 70.7 Å². The van der Waals surface area contributed by atoms with E-state index in [9.17, 15) is 4.79 Å². The molecule has 2 heterocycles. The van der Waals surface area contributed by atoms with Crippen molar-refractivity contribution in [3.8, 4) is 11.4 Å². The number of nitrogens with zero attached hydrogens (tertiary/aromatic N) is 3. The summed E-state index contributed by atoms with van der Waals surface area (Å²) < 4.78 is 5.65. The van der Waals surface area contributed by atoms with Crippen molar-refractivity contribution in [2.24, 2.45) is 0 Å².